The smallest absolute Gasteiger partial charge is 0.142 e. The fourth-order valence-corrected chi connectivity index (χ4v) is 2.87. The Morgan fingerprint density at radius 2 is 2.00 bits per heavy atom. The number of hydrogen-bond acceptors (Lipinski definition) is 3. The Balaban J connectivity index is 1.83. The second-order valence-corrected chi connectivity index (χ2v) is 6.92. The van der Waals surface area contributed by atoms with Crippen LogP contribution >= 0.6 is 22.9 Å². The molecule has 114 valence electrons. The highest BCUT2D eigenvalue weighted by Gasteiger charge is 2.04. The van der Waals surface area contributed by atoms with Gasteiger partial charge in [0.2, 0.25) is 0 Å². The summed E-state index contributed by atoms with van der Waals surface area (Å²) in [7, 11) is 0. The van der Waals surface area contributed by atoms with Crippen molar-refractivity contribution in [1.82, 2.24) is 5.32 Å². The summed E-state index contributed by atoms with van der Waals surface area (Å²) in [6.45, 7) is 6.74. The van der Waals surface area contributed by atoms with Gasteiger partial charge in [0.1, 0.15) is 18.2 Å². The lowest BCUT2D eigenvalue weighted by molar-refractivity contribution is 0.309. The molecule has 0 amide bonds. The predicted molar refractivity (Wildman–Crippen MR) is 86.6 cm³/mol. The summed E-state index contributed by atoms with van der Waals surface area (Å²) in [6.07, 6.45) is 0. The quantitative estimate of drug-likeness (QED) is 0.783. The molecule has 0 bridgehead atoms. The van der Waals surface area contributed by atoms with E-state index in [2.05, 4.69) is 31.3 Å². The first-order valence-electron chi connectivity index (χ1n) is 6.90. The van der Waals surface area contributed by atoms with Gasteiger partial charge >= 0.3 is 0 Å². The van der Waals surface area contributed by atoms with Crippen molar-refractivity contribution in [2.24, 2.45) is 5.92 Å². The normalized spacial score (nSPS) is 11.1. The van der Waals surface area contributed by atoms with Crippen molar-refractivity contribution in [2.45, 2.75) is 27.0 Å². The van der Waals surface area contributed by atoms with Crippen molar-refractivity contribution in [3.05, 3.63) is 50.9 Å². The van der Waals surface area contributed by atoms with E-state index in [-0.39, 0.29) is 5.02 Å². The molecule has 5 heteroatoms. The monoisotopic (exact) mass is 327 g/mol. The van der Waals surface area contributed by atoms with E-state index in [0.717, 1.165) is 18.0 Å². The standard InChI is InChI=1S/C16H19ClFNOS/c1-11(2)8-19-9-13-4-5-14(21-13)10-20-12-3-6-16(18)15(17)7-12/h3-7,11,19H,8-10H2,1-2H3. The highest BCUT2D eigenvalue weighted by Crippen LogP contribution is 2.23. The van der Waals surface area contributed by atoms with E-state index < -0.39 is 5.82 Å². The van der Waals surface area contributed by atoms with Gasteiger partial charge in [0.05, 0.1) is 5.02 Å². The summed E-state index contributed by atoms with van der Waals surface area (Å²) in [4.78, 5) is 2.42. The SMILES string of the molecule is CC(C)CNCc1ccc(COc2ccc(F)c(Cl)c2)s1. The van der Waals surface area contributed by atoms with E-state index in [1.54, 1.807) is 17.4 Å². The Bertz CT molecular complexity index is 585. The van der Waals surface area contributed by atoms with Crippen molar-refractivity contribution in [3.63, 3.8) is 0 Å². The lowest BCUT2D eigenvalue weighted by Crippen LogP contribution is -2.18. The molecule has 0 saturated carbocycles. The third kappa shape index (κ3) is 5.30. The minimum absolute atomic E-state index is 0.0808. The fraction of sp³-hybridized carbons (Fsp3) is 0.375. The maximum Gasteiger partial charge on any atom is 0.142 e. The first-order valence-corrected chi connectivity index (χ1v) is 8.10. The first kappa shape index (κ1) is 16.3. The molecule has 1 heterocycles. The van der Waals surface area contributed by atoms with Crippen LogP contribution in [-0.2, 0) is 13.2 Å². The molecule has 2 nitrogen and oxygen atoms in total. The molecule has 1 aromatic carbocycles. The molecule has 0 atom stereocenters. The highest BCUT2D eigenvalue weighted by atomic mass is 35.5. The van der Waals surface area contributed by atoms with E-state index in [1.165, 1.54) is 17.0 Å². The summed E-state index contributed by atoms with van der Waals surface area (Å²) in [5, 5.41) is 3.49. The third-order valence-corrected chi connectivity index (χ3v) is 4.19. The lowest BCUT2D eigenvalue weighted by atomic mass is 10.2. The summed E-state index contributed by atoms with van der Waals surface area (Å²) in [5.74, 6) is 0.795. The number of hydrogen-bond donors (Lipinski definition) is 1. The summed E-state index contributed by atoms with van der Waals surface area (Å²) in [5.41, 5.74) is 0. The van der Waals surface area contributed by atoms with Gasteiger partial charge in [0.25, 0.3) is 0 Å². The molecule has 0 unspecified atom stereocenters. The molecule has 1 N–H and O–H groups in total. The molecule has 0 fully saturated rings. The van der Waals surface area contributed by atoms with E-state index in [9.17, 15) is 4.39 Å². The Kier molecular flexibility index (Phi) is 6.03. The zero-order chi connectivity index (χ0) is 15.2. The molecule has 2 aromatic rings. The van der Waals surface area contributed by atoms with Gasteiger partial charge in [0, 0.05) is 22.4 Å². The molecule has 1 aromatic heterocycles. The molecule has 0 radical (unpaired) electrons. The van der Waals surface area contributed by atoms with Crippen LogP contribution in [0.25, 0.3) is 0 Å². The van der Waals surface area contributed by atoms with Gasteiger partial charge in [-0.1, -0.05) is 25.4 Å². The van der Waals surface area contributed by atoms with Gasteiger partial charge in [-0.25, -0.2) is 4.39 Å². The van der Waals surface area contributed by atoms with Crippen molar-refractivity contribution >= 4 is 22.9 Å². The van der Waals surface area contributed by atoms with Crippen LogP contribution < -0.4 is 10.1 Å². The fourth-order valence-electron chi connectivity index (χ4n) is 1.80. The zero-order valence-corrected chi connectivity index (χ0v) is 13.7. The third-order valence-electron chi connectivity index (χ3n) is 2.84. The average molecular weight is 328 g/mol. The van der Waals surface area contributed by atoms with Crippen molar-refractivity contribution in [2.75, 3.05) is 6.54 Å². The van der Waals surface area contributed by atoms with Crippen LogP contribution in [-0.4, -0.2) is 6.54 Å². The highest BCUT2D eigenvalue weighted by molar-refractivity contribution is 7.11. The maximum absolute atomic E-state index is 13.0. The van der Waals surface area contributed by atoms with Crippen LogP contribution in [0.2, 0.25) is 5.02 Å². The Morgan fingerprint density at radius 1 is 1.24 bits per heavy atom. The van der Waals surface area contributed by atoms with Crippen molar-refractivity contribution < 1.29 is 9.13 Å². The van der Waals surface area contributed by atoms with Crippen LogP contribution in [0.3, 0.4) is 0 Å². The zero-order valence-electron chi connectivity index (χ0n) is 12.2. The number of halogens is 2. The minimum atomic E-state index is -0.432. The van der Waals surface area contributed by atoms with Gasteiger partial charge in [-0.05, 0) is 36.7 Å². The maximum atomic E-state index is 13.0. The predicted octanol–water partition coefficient (Wildman–Crippen LogP) is 4.87. The Hall–Kier alpha value is -1.10. The Morgan fingerprint density at radius 3 is 2.71 bits per heavy atom. The summed E-state index contributed by atoms with van der Waals surface area (Å²) < 4.78 is 18.7. The molecule has 0 spiro atoms. The van der Waals surface area contributed by atoms with E-state index in [1.807, 2.05) is 0 Å². The van der Waals surface area contributed by atoms with Crippen LogP contribution in [0.1, 0.15) is 23.6 Å². The summed E-state index contributed by atoms with van der Waals surface area (Å²) >= 11 is 7.44. The van der Waals surface area contributed by atoms with Gasteiger partial charge < -0.3 is 10.1 Å². The minimum Gasteiger partial charge on any atom is -0.488 e. The van der Waals surface area contributed by atoms with Crippen LogP contribution in [0.4, 0.5) is 4.39 Å². The molecule has 21 heavy (non-hydrogen) atoms. The van der Waals surface area contributed by atoms with Gasteiger partial charge in [-0.2, -0.15) is 0 Å². The van der Waals surface area contributed by atoms with Crippen LogP contribution in [0.5, 0.6) is 5.75 Å². The van der Waals surface area contributed by atoms with Gasteiger partial charge in [-0.15, -0.1) is 11.3 Å². The lowest BCUT2D eigenvalue weighted by Gasteiger charge is -2.06. The van der Waals surface area contributed by atoms with E-state index in [4.69, 9.17) is 16.3 Å². The number of thiophene rings is 1. The van der Waals surface area contributed by atoms with Crippen LogP contribution in [0, 0.1) is 11.7 Å². The number of rotatable bonds is 7. The molecule has 0 aliphatic rings. The first-order chi connectivity index (χ1) is 10.0. The van der Waals surface area contributed by atoms with E-state index in [0.29, 0.717) is 18.3 Å². The van der Waals surface area contributed by atoms with Crippen molar-refractivity contribution in [3.8, 4) is 5.75 Å². The molecular formula is C16H19ClFNOS. The molecule has 0 saturated heterocycles. The number of ether oxygens (including phenoxy) is 1. The Labute approximate surface area is 133 Å². The van der Waals surface area contributed by atoms with Crippen LogP contribution in [0.15, 0.2) is 30.3 Å². The number of nitrogens with one attached hydrogen (secondary N) is 1. The summed E-state index contributed by atoms with van der Waals surface area (Å²) in [6, 6.07) is 8.55. The average Bonchev–Trinajstić information content (AvgIpc) is 2.88. The van der Waals surface area contributed by atoms with E-state index >= 15 is 0 Å². The van der Waals surface area contributed by atoms with Crippen molar-refractivity contribution in [1.29, 1.82) is 0 Å². The molecule has 0 aliphatic heterocycles. The second kappa shape index (κ2) is 7.78. The molecule has 0 aliphatic carbocycles. The van der Waals surface area contributed by atoms with Gasteiger partial charge in [-0.3, -0.25) is 0 Å². The second-order valence-electron chi connectivity index (χ2n) is 5.26. The topological polar surface area (TPSA) is 21.3 Å². The largest absolute Gasteiger partial charge is 0.488 e. The molecular weight excluding hydrogens is 309 g/mol. The number of benzene rings is 1. The van der Waals surface area contributed by atoms with Gasteiger partial charge in [0.15, 0.2) is 0 Å². The molecule has 2 rings (SSSR count).